The molecule has 0 fully saturated rings. The van der Waals surface area contributed by atoms with Gasteiger partial charge in [0.15, 0.2) is 5.17 Å². The van der Waals surface area contributed by atoms with Gasteiger partial charge in [-0.15, -0.1) is 0 Å². The third-order valence-electron chi connectivity index (χ3n) is 4.37. The third kappa shape index (κ3) is 4.19. The standard InChI is InChI=1S/C20H16Cl3N3S/c21-15-6-3-5-14(19(15)23)18(26-20-24-8-9-27-20)11-12-10-16(22)13-4-1-2-7-17(13)25-12/h1-7,10,18H,8-9,11H2,(H,24,26). The summed E-state index contributed by atoms with van der Waals surface area (Å²) in [6, 6.07) is 15.3. The lowest BCUT2D eigenvalue weighted by molar-refractivity contribution is 0.639. The fourth-order valence-electron chi connectivity index (χ4n) is 3.10. The number of hydrogen-bond acceptors (Lipinski definition) is 4. The molecule has 3 aromatic rings. The van der Waals surface area contributed by atoms with Gasteiger partial charge in [-0.2, -0.15) is 0 Å². The number of hydrogen-bond donors (Lipinski definition) is 1. The minimum absolute atomic E-state index is 0.106. The molecule has 1 atom stereocenters. The number of nitrogens with one attached hydrogen (secondary N) is 1. The number of amidine groups is 1. The van der Waals surface area contributed by atoms with Gasteiger partial charge in [0.1, 0.15) is 0 Å². The van der Waals surface area contributed by atoms with Crippen molar-refractivity contribution < 1.29 is 0 Å². The van der Waals surface area contributed by atoms with Gasteiger partial charge < -0.3 is 5.32 Å². The number of fused-ring (bicyclic) bond motifs is 1. The number of nitrogens with zero attached hydrogens (tertiary/aromatic N) is 2. The molecule has 1 aliphatic heterocycles. The van der Waals surface area contributed by atoms with Crippen LogP contribution in [0.5, 0.6) is 0 Å². The monoisotopic (exact) mass is 435 g/mol. The van der Waals surface area contributed by atoms with Crippen molar-refractivity contribution in [2.24, 2.45) is 4.99 Å². The number of pyridine rings is 1. The summed E-state index contributed by atoms with van der Waals surface area (Å²) in [6.45, 7) is 0.822. The Morgan fingerprint density at radius 3 is 2.70 bits per heavy atom. The first-order valence-corrected chi connectivity index (χ1v) is 10.7. The number of aliphatic imine (C=N–C) groups is 1. The molecule has 138 valence electrons. The van der Waals surface area contributed by atoms with Gasteiger partial charge in [-0.1, -0.05) is 76.9 Å². The van der Waals surface area contributed by atoms with E-state index in [1.54, 1.807) is 17.8 Å². The van der Waals surface area contributed by atoms with Gasteiger partial charge in [-0.25, -0.2) is 0 Å². The smallest absolute Gasteiger partial charge is 0.157 e. The van der Waals surface area contributed by atoms with Crippen LogP contribution in [-0.4, -0.2) is 22.4 Å². The molecule has 1 aromatic heterocycles. The molecule has 2 heterocycles. The zero-order valence-electron chi connectivity index (χ0n) is 14.3. The van der Waals surface area contributed by atoms with Gasteiger partial charge in [0.05, 0.1) is 33.2 Å². The number of halogens is 3. The molecule has 0 spiro atoms. The second kappa shape index (κ2) is 8.27. The molecule has 1 unspecified atom stereocenters. The van der Waals surface area contributed by atoms with Crippen molar-refractivity contribution in [3.8, 4) is 0 Å². The Kier molecular flexibility index (Phi) is 5.79. The second-order valence-corrected chi connectivity index (χ2v) is 8.47. The zero-order valence-corrected chi connectivity index (χ0v) is 17.3. The van der Waals surface area contributed by atoms with Crippen molar-refractivity contribution in [3.63, 3.8) is 0 Å². The maximum absolute atomic E-state index is 6.50. The molecular weight excluding hydrogens is 421 g/mol. The number of benzene rings is 2. The molecule has 0 saturated carbocycles. The first-order valence-electron chi connectivity index (χ1n) is 8.53. The van der Waals surface area contributed by atoms with E-state index < -0.39 is 0 Å². The van der Waals surface area contributed by atoms with Gasteiger partial charge in [-0.3, -0.25) is 9.98 Å². The number of thioether (sulfide) groups is 1. The van der Waals surface area contributed by atoms with Crippen molar-refractivity contribution in [1.82, 2.24) is 10.3 Å². The third-order valence-corrected chi connectivity index (χ3v) is 6.43. The Morgan fingerprint density at radius 1 is 1.04 bits per heavy atom. The topological polar surface area (TPSA) is 37.3 Å². The molecule has 0 amide bonds. The molecule has 0 aliphatic carbocycles. The molecule has 0 bridgehead atoms. The average Bonchev–Trinajstić information content (AvgIpc) is 3.17. The minimum Gasteiger partial charge on any atom is -0.358 e. The highest BCUT2D eigenvalue weighted by atomic mass is 35.5. The van der Waals surface area contributed by atoms with Crippen LogP contribution < -0.4 is 5.32 Å². The van der Waals surface area contributed by atoms with Crippen LogP contribution in [0.3, 0.4) is 0 Å². The van der Waals surface area contributed by atoms with Crippen LogP contribution in [0.15, 0.2) is 53.5 Å². The van der Waals surface area contributed by atoms with Gasteiger partial charge in [0, 0.05) is 23.3 Å². The predicted molar refractivity (Wildman–Crippen MR) is 118 cm³/mol. The van der Waals surface area contributed by atoms with Gasteiger partial charge in [0.25, 0.3) is 0 Å². The Hall–Kier alpha value is -1.46. The minimum atomic E-state index is -0.106. The highest BCUT2D eigenvalue weighted by Crippen LogP contribution is 2.33. The molecule has 0 radical (unpaired) electrons. The van der Waals surface area contributed by atoms with E-state index in [9.17, 15) is 0 Å². The quantitative estimate of drug-likeness (QED) is 0.531. The molecule has 4 rings (SSSR count). The predicted octanol–water partition coefficient (Wildman–Crippen LogP) is 6.17. The van der Waals surface area contributed by atoms with E-state index in [0.717, 1.165) is 39.6 Å². The Labute approximate surface area is 177 Å². The summed E-state index contributed by atoms with van der Waals surface area (Å²) in [4.78, 5) is 9.29. The van der Waals surface area contributed by atoms with Crippen LogP contribution in [0.4, 0.5) is 0 Å². The van der Waals surface area contributed by atoms with Crippen LogP contribution in [0.25, 0.3) is 10.9 Å². The van der Waals surface area contributed by atoms with E-state index in [-0.39, 0.29) is 6.04 Å². The van der Waals surface area contributed by atoms with Crippen LogP contribution in [-0.2, 0) is 6.42 Å². The summed E-state index contributed by atoms with van der Waals surface area (Å²) in [7, 11) is 0. The van der Waals surface area contributed by atoms with E-state index in [1.807, 2.05) is 42.5 Å². The molecule has 27 heavy (non-hydrogen) atoms. The van der Waals surface area contributed by atoms with Crippen molar-refractivity contribution >= 4 is 62.6 Å². The van der Waals surface area contributed by atoms with E-state index >= 15 is 0 Å². The number of rotatable bonds is 4. The van der Waals surface area contributed by atoms with Crippen LogP contribution in [0.2, 0.25) is 15.1 Å². The maximum atomic E-state index is 6.50. The number of aromatic nitrogens is 1. The molecule has 0 saturated heterocycles. The normalized spacial score (nSPS) is 15.0. The van der Waals surface area contributed by atoms with Crippen molar-refractivity contribution in [3.05, 3.63) is 74.9 Å². The Balaban J connectivity index is 1.71. The van der Waals surface area contributed by atoms with E-state index in [4.69, 9.17) is 39.8 Å². The molecule has 2 aromatic carbocycles. The Bertz CT molecular complexity index is 1020. The van der Waals surface area contributed by atoms with Crippen LogP contribution in [0, 0.1) is 0 Å². The molecule has 1 N–H and O–H groups in total. The highest BCUT2D eigenvalue weighted by Gasteiger charge is 2.21. The molecule has 1 aliphatic rings. The van der Waals surface area contributed by atoms with Crippen molar-refractivity contribution in [1.29, 1.82) is 0 Å². The van der Waals surface area contributed by atoms with Crippen LogP contribution in [0.1, 0.15) is 17.3 Å². The average molecular weight is 437 g/mol. The molecule has 7 heteroatoms. The summed E-state index contributed by atoms with van der Waals surface area (Å²) in [6.07, 6.45) is 0.615. The highest BCUT2D eigenvalue weighted by molar-refractivity contribution is 8.14. The summed E-state index contributed by atoms with van der Waals surface area (Å²) in [5.74, 6) is 0.985. The van der Waals surface area contributed by atoms with Crippen LogP contribution >= 0.6 is 46.6 Å². The van der Waals surface area contributed by atoms with Crippen molar-refractivity contribution in [2.75, 3.05) is 12.3 Å². The van der Waals surface area contributed by atoms with Gasteiger partial charge >= 0.3 is 0 Å². The van der Waals surface area contributed by atoms with Crippen molar-refractivity contribution in [2.45, 2.75) is 12.5 Å². The summed E-state index contributed by atoms with van der Waals surface area (Å²) >= 11 is 20.9. The lowest BCUT2D eigenvalue weighted by atomic mass is 10.0. The second-order valence-electron chi connectivity index (χ2n) is 6.19. The first kappa shape index (κ1) is 18.9. The molecular formula is C20H16Cl3N3S. The molecule has 3 nitrogen and oxygen atoms in total. The van der Waals surface area contributed by atoms with E-state index in [1.165, 1.54) is 0 Å². The Morgan fingerprint density at radius 2 is 1.89 bits per heavy atom. The largest absolute Gasteiger partial charge is 0.358 e. The van der Waals surface area contributed by atoms with Gasteiger partial charge in [-0.05, 0) is 23.8 Å². The summed E-state index contributed by atoms with van der Waals surface area (Å²) in [5.41, 5.74) is 2.69. The SMILES string of the molecule is Clc1cccc(C(Cc2cc(Cl)c3ccccc3n2)NC2=NCCS2)c1Cl. The maximum Gasteiger partial charge on any atom is 0.157 e. The van der Waals surface area contributed by atoms with E-state index in [2.05, 4.69) is 10.3 Å². The number of para-hydroxylation sites is 1. The zero-order chi connectivity index (χ0) is 18.8. The van der Waals surface area contributed by atoms with Gasteiger partial charge in [0.2, 0.25) is 0 Å². The summed E-state index contributed by atoms with van der Waals surface area (Å²) in [5, 5.41) is 7.15. The fraction of sp³-hybridized carbons (Fsp3) is 0.200. The van der Waals surface area contributed by atoms with E-state index in [0.29, 0.717) is 21.5 Å². The first-order chi connectivity index (χ1) is 13.1. The lowest BCUT2D eigenvalue weighted by Gasteiger charge is -2.21. The lowest BCUT2D eigenvalue weighted by Crippen LogP contribution is -2.27. The summed E-state index contributed by atoms with van der Waals surface area (Å²) < 4.78 is 0. The fourth-order valence-corrected chi connectivity index (χ4v) is 4.61.